The van der Waals surface area contributed by atoms with E-state index in [1.165, 1.54) is 0 Å². The van der Waals surface area contributed by atoms with Crippen LogP contribution >= 0.6 is 11.3 Å². The number of alkyl halides is 3. The second-order valence-electron chi connectivity index (χ2n) is 5.17. The van der Waals surface area contributed by atoms with Crippen molar-refractivity contribution in [1.29, 1.82) is 0 Å². The van der Waals surface area contributed by atoms with Crippen LogP contribution in [0.2, 0.25) is 0 Å². The molecule has 0 atom stereocenters. The van der Waals surface area contributed by atoms with Gasteiger partial charge in [-0.25, -0.2) is 4.98 Å². The number of hydrogen-bond donors (Lipinski definition) is 1. The molecule has 3 aromatic rings. The summed E-state index contributed by atoms with van der Waals surface area (Å²) in [6.07, 6.45) is -2.96. The quantitative estimate of drug-likeness (QED) is 0.768. The minimum absolute atomic E-state index is 0.208. The highest BCUT2D eigenvalue weighted by Crippen LogP contribution is 2.33. The first-order valence-corrected chi connectivity index (χ1v) is 7.91. The number of hydrogen-bond acceptors (Lipinski definition) is 5. The number of anilines is 1. The van der Waals surface area contributed by atoms with Crippen molar-refractivity contribution < 1.29 is 18.0 Å². The van der Waals surface area contributed by atoms with Gasteiger partial charge >= 0.3 is 6.18 Å². The average molecular weight is 367 g/mol. The van der Waals surface area contributed by atoms with Crippen molar-refractivity contribution in [3.8, 4) is 5.82 Å². The zero-order valence-corrected chi connectivity index (χ0v) is 13.9. The van der Waals surface area contributed by atoms with Crippen LogP contribution in [0.15, 0.2) is 30.5 Å². The van der Waals surface area contributed by atoms with E-state index in [-0.39, 0.29) is 16.5 Å². The molecule has 3 heterocycles. The largest absolute Gasteiger partial charge is 0.445 e. The molecule has 0 aliphatic carbocycles. The third-order valence-corrected chi connectivity index (χ3v) is 4.33. The van der Waals surface area contributed by atoms with Crippen molar-refractivity contribution in [1.82, 2.24) is 19.7 Å². The van der Waals surface area contributed by atoms with E-state index in [4.69, 9.17) is 0 Å². The summed E-state index contributed by atoms with van der Waals surface area (Å²) in [5.74, 6) is 0.0898. The Kier molecular flexibility index (Phi) is 4.29. The third kappa shape index (κ3) is 3.38. The van der Waals surface area contributed by atoms with Gasteiger partial charge in [0.2, 0.25) is 10.1 Å². The molecule has 0 saturated heterocycles. The Morgan fingerprint density at radius 1 is 1.24 bits per heavy atom. The van der Waals surface area contributed by atoms with Crippen LogP contribution in [0.3, 0.4) is 0 Å². The van der Waals surface area contributed by atoms with E-state index in [1.54, 1.807) is 35.9 Å². The van der Waals surface area contributed by atoms with Crippen molar-refractivity contribution >= 4 is 22.4 Å². The smallest absolute Gasteiger partial charge is 0.302 e. The predicted molar refractivity (Wildman–Crippen MR) is 85.9 cm³/mol. The van der Waals surface area contributed by atoms with E-state index in [1.807, 2.05) is 13.0 Å². The standard InChI is InChI=1S/C15H12F3N5OS/c1-8-7-10(9(2)23(8)11-5-3-4-6-19-11)12(24)20-14-22-21-13(25-14)15(16,17)18/h3-7H,1-2H3,(H,20,22,24). The Hall–Kier alpha value is -2.75. The summed E-state index contributed by atoms with van der Waals surface area (Å²) in [5, 5.41) is 7.44. The van der Waals surface area contributed by atoms with Crippen molar-refractivity contribution in [2.75, 3.05) is 5.32 Å². The van der Waals surface area contributed by atoms with Crippen LogP contribution in [-0.4, -0.2) is 25.7 Å². The summed E-state index contributed by atoms with van der Waals surface area (Å²) in [5.41, 5.74) is 1.72. The lowest BCUT2D eigenvalue weighted by atomic mass is 10.2. The van der Waals surface area contributed by atoms with E-state index in [2.05, 4.69) is 20.5 Å². The summed E-state index contributed by atoms with van der Waals surface area (Å²) in [6.45, 7) is 3.54. The van der Waals surface area contributed by atoms with Gasteiger partial charge in [0.1, 0.15) is 5.82 Å². The molecule has 1 N–H and O–H groups in total. The van der Waals surface area contributed by atoms with E-state index in [0.717, 1.165) is 5.69 Å². The number of pyridine rings is 1. The number of rotatable bonds is 3. The number of nitrogens with zero attached hydrogens (tertiary/aromatic N) is 4. The average Bonchev–Trinajstić information content (AvgIpc) is 3.13. The zero-order chi connectivity index (χ0) is 18.2. The van der Waals surface area contributed by atoms with Gasteiger partial charge < -0.3 is 4.57 Å². The lowest BCUT2D eigenvalue weighted by molar-refractivity contribution is -0.138. The van der Waals surface area contributed by atoms with Crippen molar-refractivity contribution in [3.05, 3.63) is 52.4 Å². The Morgan fingerprint density at radius 2 is 2.00 bits per heavy atom. The lowest BCUT2D eigenvalue weighted by Gasteiger charge is -2.08. The summed E-state index contributed by atoms with van der Waals surface area (Å²) in [6, 6.07) is 7.03. The Morgan fingerprint density at radius 3 is 2.60 bits per heavy atom. The minimum Gasteiger partial charge on any atom is -0.302 e. The number of nitrogens with one attached hydrogen (secondary N) is 1. The molecule has 0 aliphatic rings. The van der Waals surface area contributed by atoms with Gasteiger partial charge in [-0.1, -0.05) is 17.4 Å². The number of halogens is 3. The van der Waals surface area contributed by atoms with Crippen LogP contribution in [-0.2, 0) is 6.18 Å². The third-order valence-electron chi connectivity index (χ3n) is 3.44. The molecule has 0 aromatic carbocycles. The summed E-state index contributed by atoms with van der Waals surface area (Å²) in [4.78, 5) is 16.6. The summed E-state index contributed by atoms with van der Waals surface area (Å²) in [7, 11) is 0. The molecule has 3 rings (SSSR count). The molecule has 25 heavy (non-hydrogen) atoms. The van der Waals surface area contributed by atoms with Gasteiger partial charge in [-0.3, -0.25) is 10.1 Å². The highest BCUT2D eigenvalue weighted by Gasteiger charge is 2.36. The molecule has 0 fully saturated rings. The molecule has 0 bridgehead atoms. The molecule has 130 valence electrons. The van der Waals surface area contributed by atoms with Gasteiger partial charge in [-0.05, 0) is 32.0 Å². The second-order valence-corrected chi connectivity index (χ2v) is 6.15. The lowest BCUT2D eigenvalue weighted by Crippen LogP contribution is -2.13. The molecule has 0 spiro atoms. The van der Waals surface area contributed by atoms with E-state index in [9.17, 15) is 18.0 Å². The van der Waals surface area contributed by atoms with Crippen LogP contribution in [0.4, 0.5) is 18.3 Å². The number of carbonyl (C=O) groups is 1. The second kappa shape index (κ2) is 6.28. The monoisotopic (exact) mass is 367 g/mol. The SMILES string of the molecule is Cc1cc(C(=O)Nc2nnc(C(F)(F)F)s2)c(C)n1-c1ccccn1. The first kappa shape index (κ1) is 17.1. The topological polar surface area (TPSA) is 72.7 Å². The normalized spacial score (nSPS) is 11.6. The fourth-order valence-corrected chi connectivity index (χ4v) is 2.99. The fourth-order valence-electron chi connectivity index (χ4n) is 2.38. The van der Waals surface area contributed by atoms with Gasteiger partial charge in [0.15, 0.2) is 0 Å². The molecule has 1 amide bonds. The maximum absolute atomic E-state index is 12.6. The van der Waals surface area contributed by atoms with Crippen LogP contribution in [0.5, 0.6) is 0 Å². The van der Waals surface area contributed by atoms with E-state index < -0.39 is 17.1 Å². The summed E-state index contributed by atoms with van der Waals surface area (Å²) >= 11 is 0.278. The van der Waals surface area contributed by atoms with Crippen LogP contribution in [0.25, 0.3) is 5.82 Å². The zero-order valence-electron chi connectivity index (χ0n) is 13.1. The molecule has 6 nitrogen and oxygen atoms in total. The van der Waals surface area contributed by atoms with Crippen molar-refractivity contribution in [2.45, 2.75) is 20.0 Å². The first-order chi connectivity index (χ1) is 11.8. The maximum atomic E-state index is 12.6. The van der Waals surface area contributed by atoms with Gasteiger partial charge in [0.25, 0.3) is 5.91 Å². The van der Waals surface area contributed by atoms with Crippen molar-refractivity contribution in [3.63, 3.8) is 0 Å². The molecule has 0 unspecified atom stereocenters. The molecule has 0 saturated carbocycles. The van der Waals surface area contributed by atoms with Crippen LogP contribution in [0, 0.1) is 13.8 Å². The highest BCUT2D eigenvalue weighted by molar-refractivity contribution is 7.15. The molecule has 0 aliphatic heterocycles. The van der Waals surface area contributed by atoms with Gasteiger partial charge in [0.05, 0.1) is 5.56 Å². The van der Waals surface area contributed by atoms with Crippen LogP contribution in [0.1, 0.15) is 26.8 Å². The van der Waals surface area contributed by atoms with Gasteiger partial charge in [-0.2, -0.15) is 13.2 Å². The molecule has 3 aromatic heterocycles. The predicted octanol–water partition coefficient (Wildman–Crippen LogP) is 3.61. The van der Waals surface area contributed by atoms with Gasteiger partial charge in [-0.15, -0.1) is 10.2 Å². The molecule has 0 radical (unpaired) electrons. The van der Waals surface area contributed by atoms with Gasteiger partial charge in [0, 0.05) is 17.6 Å². The molecule has 10 heteroatoms. The first-order valence-electron chi connectivity index (χ1n) is 7.10. The van der Waals surface area contributed by atoms with Crippen molar-refractivity contribution in [2.24, 2.45) is 0 Å². The fraction of sp³-hybridized carbons (Fsp3) is 0.200. The minimum atomic E-state index is -4.59. The number of amides is 1. The molecular weight excluding hydrogens is 355 g/mol. The Labute approximate surface area is 144 Å². The number of aryl methyl sites for hydroxylation is 1. The van der Waals surface area contributed by atoms with E-state index >= 15 is 0 Å². The van der Waals surface area contributed by atoms with E-state index in [0.29, 0.717) is 17.1 Å². The highest BCUT2D eigenvalue weighted by atomic mass is 32.1. The molecular formula is C15H12F3N5OS. The number of aromatic nitrogens is 4. The summed E-state index contributed by atoms with van der Waals surface area (Å²) < 4.78 is 39.5. The number of carbonyl (C=O) groups excluding carboxylic acids is 1. The maximum Gasteiger partial charge on any atom is 0.445 e. The van der Waals surface area contributed by atoms with Crippen LogP contribution < -0.4 is 5.32 Å². The Balaban J connectivity index is 1.87. The Bertz CT molecular complexity index is 917.